The molecule has 0 fully saturated rings. The van der Waals surface area contributed by atoms with E-state index in [9.17, 15) is 0 Å². The van der Waals surface area contributed by atoms with E-state index in [0.29, 0.717) is 5.15 Å². The number of thiophene rings is 1. The Morgan fingerprint density at radius 1 is 1.31 bits per heavy atom. The van der Waals surface area contributed by atoms with Gasteiger partial charge in [-0.1, -0.05) is 11.6 Å². The Morgan fingerprint density at radius 2 is 2.06 bits per heavy atom. The smallest absolute Gasteiger partial charge is 0.132 e. The lowest BCUT2D eigenvalue weighted by atomic mass is 10.2. The second-order valence-electron chi connectivity index (χ2n) is 3.56. The van der Waals surface area contributed by atoms with Crippen LogP contribution in [0.25, 0.3) is 10.4 Å². The van der Waals surface area contributed by atoms with Crippen LogP contribution >= 0.6 is 38.9 Å². The molecule has 0 aliphatic heterocycles. The number of nitrogens with zero attached hydrogens (tertiary/aromatic N) is 2. The average molecular weight is 318 g/mol. The van der Waals surface area contributed by atoms with E-state index >= 15 is 0 Å². The van der Waals surface area contributed by atoms with Crippen molar-refractivity contribution in [3.8, 4) is 10.4 Å². The maximum absolute atomic E-state index is 6.01. The summed E-state index contributed by atoms with van der Waals surface area (Å²) in [7, 11) is 3.90. The minimum absolute atomic E-state index is 0.519. The molecule has 0 radical (unpaired) electrons. The third-order valence-corrected chi connectivity index (χ3v) is 4.02. The molecule has 0 aliphatic rings. The van der Waals surface area contributed by atoms with Gasteiger partial charge in [-0.3, -0.25) is 0 Å². The Morgan fingerprint density at radius 3 is 2.62 bits per heavy atom. The molecule has 2 nitrogen and oxygen atoms in total. The third kappa shape index (κ3) is 2.56. The van der Waals surface area contributed by atoms with Gasteiger partial charge < -0.3 is 4.90 Å². The summed E-state index contributed by atoms with van der Waals surface area (Å²) in [6.07, 6.45) is 0. The van der Waals surface area contributed by atoms with Crippen LogP contribution in [0.2, 0.25) is 5.15 Å². The molecule has 2 aromatic heterocycles. The molecule has 0 saturated heterocycles. The lowest BCUT2D eigenvalue weighted by Gasteiger charge is -2.12. The number of pyridine rings is 1. The number of anilines is 1. The first-order valence-electron chi connectivity index (χ1n) is 4.65. The number of hydrogen-bond donors (Lipinski definition) is 0. The SMILES string of the molecule is CN(C)c1cc(-c2cc(Br)cs2)cc(Cl)n1. The zero-order valence-electron chi connectivity index (χ0n) is 8.87. The van der Waals surface area contributed by atoms with Crippen molar-refractivity contribution in [1.82, 2.24) is 4.98 Å². The van der Waals surface area contributed by atoms with Gasteiger partial charge in [0.1, 0.15) is 11.0 Å². The number of hydrogen-bond acceptors (Lipinski definition) is 3. The molecule has 0 bridgehead atoms. The Balaban J connectivity index is 2.49. The monoisotopic (exact) mass is 316 g/mol. The van der Waals surface area contributed by atoms with E-state index in [2.05, 4.69) is 32.4 Å². The predicted molar refractivity (Wildman–Crippen MR) is 74.6 cm³/mol. The summed E-state index contributed by atoms with van der Waals surface area (Å²) in [5.41, 5.74) is 1.10. The van der Waals surface area contributed by atoms with E-state index in [1.54, 1.807) is 11.3 Å². The van der Waals surface area contributed by atoms with Gasteiger partial charge in [-0.2, -0.15) is 0 Å². The molecule has 2 rings (SSSR count). The first kappa shape index (κ1) is 11.9. The second-order valence-corrected chi connectivity index (χ2v) is 5.77. The number of aromatic nitrogens is 1. The molecule has 0 spiro atoms. The molecule has 0 amide bonds. The van der Waals surface area contributed by atoms with Crippen LogP contribution in [0.5, 0.6) is 0 Å². The van der Waals surface area contributed by atoms with Gasteiger partial charge >= 0.3 is 0 Å². The van der Waals surface area contributed by atoms with Gasteiger partial charge in [0.2, 0.25) is 0 Å². The molecule has 0 N–H and O–H groups in total. The minimum atomic E-state index is 0.519. The van der Waals surface area contributed by atoms with Gasteiger partial charge in [0.15, 0.2) is 0 Å². The van der Waals surface area contributed by atoms with E-state index < -0.39 is 0 Å². The summed E-state index contributed by atoms with van der Waals surface area (Å²) in [5, 5.41) is 2.57. The Kier molecular flexibility index (Phi) is 3.52. The van der Waals surface area contributed by atoms with Gasteiger partial charge in [-0.15, -0.1) is 11.3 Å². The highest BCUT2D eigenvalue weighted by molar-refractivity contribution is 9.10. The predicted octanol–water partition coefficient (Wildman–Crippen LogP) is 4.29. The van der Waals surface area contributed by atoms with Crippen molar-refractivity contribution in [3.05, 3.63) is 33.2 Å². The Labute approximate surface area is 112 Å². The van der Waals surface area contributed by atoms with Crippen LogP contribution in [0.15, 0.2) is 28.1 Å². The van der Waals surface area contributed by atoms with Crippen LogP contribution in [-0.4, -0.2) is 19.1 Å². The third-order valence-electron chi connectivity index (χ3n) is 2.09. The molecular weight excluding hydrogens is 308 g/mol. The fourth-order valence-corrected chi connectivity index (χ4v) is 2.94. The Hall–Kier alpha value is -0.580. The summed E-state index contributed by atoms with van der Waals surface area (Å²) in [5.74, 6) is 0.868. The van der Waals surface area contributed by atoms with Crippen molar-refractivity contribution in [1.29, 1.82) is 0 Å². The topological polar surface area (TPSA) is 16.1 Å². The molecule has 84 valence electrons. The van der Waals surface area contributed by atoms with E-state index in [1.165, 1.54) is 4.88 Å². The molecular formula is C11H10BrClN2S. The maximum atomic E-state index is 6.01. The first-order valence-corrected chi connectivity index (χ1v) is 6.70. The normalized spacial score (nSPS) is 10.5. The highest BCUT2D eigenvalue weighted by Crippen LogP contribution is 2.32. The zero-order valence-corrected chi connectivity index (χ0v) is 12.0. The van der Waals surface area contributed by atoms with Crippen molar-refractivity contribution in [2.45, 2.75) is 0 Å². The van der Waals surface area contributed by atoms with Crippen molar-refractivity contribution in [2.24, 2.45) is 0 Å². The van der Waals surface area contributed by atoms with E-state index in [-0.39, 0.29) is 0 Å². The summed E-state index contributed by atoms with van der Waals surface area (Å²) in [6.45, 7) is 0. The van der Waals surface area contributed by atoms with Crippen LogP contribution in [0.3, 0.4) is 0 Å². The molecule has 0 unspecified atom stereocenters. The molecule has 5 heteroatoms. The molecule has 16 heavy (non-hydrogen) atoms. The highest BCUT2D eigenvalue weighted by atomic mass is 79.9. The van der Waals surface area contributed by atoms with Crippen LogP contribution < -0.4 is 4.90 Å². The largest absolute Gasteiger partial charge is 0.363 e. The molecule has 0 atom stereocenters. The van der Waals surface area contributed by atoms with E-state index in [1.807, 2.05) is 31.1 Å². The first-order chi connectivity index (χ1) is 7.56. The lowest BCUT2D eigenvalue weighted by Crippen LogP contribution is -2.10. The molecule has 0 saturated carbocycles. The summed E-state index contributed by atoms with van der Waals surface area (Å²) >= 11 is 11.1. The van der Waals surface area contributed by atoms with Gasteiger partial charge in [-0.25, -0.2) is 4.98 Å². The zero-order chi connectivity index (χ0) is 11.7. The van der Waals surface area contributed by atoms with Crippen LogP contribution in [0.1, 0.15) is 0 Å². The van der Waals surface area contributed by atoms with E-state index in [4.69, 9.17) is 11.6 Å². The van der Waals surface area contributed by atoms with E-state index in [0.717, 1.165) is 15.9 Å². The van der Waals surface area contributed by atoms with Gasteiger partial charge in [0.25, 0.3) is 0 Å². The lowest BCUT2D eigenvalue weighted by molar-refractivity contribution is 1.07. The van der Waals surface area contributed by atoms with Crippen molar-refractivity contribution >= 4 is 44.7 Å². The van der Waals surface area contributed by atoms with Crippen LogP contribution in [-0.2, 0) is 0 Å². The second kappa shape index (κ2) is 4.73. The maximum Gasteiger partial charge on any atom is 0.132 e. The van der Waals surface area contributed by atoms with Crippen LogP contribution in [0, 0.1) is 0 Å². The molecule has 2 heterocycles. The van der Waals surface area contributed by atoms with Crippen molar-refractivity contribution in [3.63, 3.8) is 0 Å². The summed E-state index contributed by atoms with van der Waals surface area (Å²) in [4.78, 5) is 7.37. The summed E-state index contributed by atoms with van der Waals surface area (Å²) < 4.78 is 1.09. The minimum Gasteiger partial charge on any atom is -0.363 e. The molecule has 2 aromatic rings. The fourth-order valence-electron chi connectivity index (χ4n) is 1.32. The molecule has 0 aliphatic carbocycles. The highest BCUT2D eigenvalue weighted by Gasteiger charge is 2.07. The van der Waals surface area contributed by atoms with Crippen molar-refractivity contribution in [2.75, 3.05) is 19.0 Å². The average Bonchev–Trinajstić information content (AvgIpc) is 2.64. The van der Waals surface area contributed by atoms with Gasteiger partial charge in [0, 0.05) is 28.8 Å². The van der Waals surface area contributed by atoms with Gasteiger partial charge in [0.05, 0.1) is 0 Å². The number of halogens is 2. The van der Waals surface area contributed by atoms with Crippen molar-refractivity contribution < 1.29 is 0 Å². The van der Waals surface area contributed by atoms with Gasteiger partial charge in [-0.05, 0) is 39.7 Å². The summed E-state index contributed by atoms with van der Waals surface area (Å²) in [6, 6.07) is 5.99. The fraction of sp³-hybridized carbons (Fsp3) is 0.182. The van der Waals surface area contributed by atoms with Crippen LogP contribution in [0.4, 0.5) is 5.82 Å². The Bertz CT molecular complexity index is 510. The number of rotatable bonds is 2. The molecule has 0 aromatic carbocycles. The quantitative estimate of drug-likeness (QED) is 0.768. The standard InChI is InChI=1S/C11H10BrClN2S/c1-15(2)11-4-7(3-10(13)14-11)9-5-8(12)6-16-9/h3-6H,1-2H3.